The molecule has 2 rings (SSSR count). The molecular formula is C12H16N4S. The van der Waals surface area contributed by atoms with Crippen molar-refractivity contribution in [2.75, 3.05) is 26.0 Å². The Balaban J connectivity index is 2.21. The summed E-state index contributed by atoms with van der Waals surface area (Å²) in [6, 6.07) is 4.10. The SMILES string of the molecule is CNCc1ncc(-c2ccc(N(C)C)nc2)s1. The number of aromatic nitrogens is 2. The van der Waals surface area contributed by atoms with Crippen molar-refractivity contribution in [1.82, 2.24) is 15.3 Å². The molecule has 0 aliphatic carbocycles. The molecule has 4 nitrogen and oxygen atoms in total. The Morgan fingerprint density at radius 1 is 1.24 bits per heavy atom. The Hall–Kier alpha value is -1.46. The molecule has 0 amide bonds. The molecule has 0 atom stereocenters. The molecule has 5 heteroatoms. The zero-order chi connectivity index (χ0) is 12.3. The third kappa shape index (κ3) is 2.81. The molecule has 0 saturated carbocycles. The molecule has 0 fully saturated rings. The maximum Gasteiger partial charge on any atom is 0.127 e. The number of nitrogens with one attached hydrogen (secondary N) is 1. The monoisotopic (exact) mass is 248 g/mol. The lowest BCUT2D eigenvalue weighted by Gasteiger charge is -2.10. The minimum absolute atomic E-state index is 0.813. The van der Waals surface area contributed by atoms with E-state index in [0.29, 0.717) is 0 Å². The average Bonchev–Trinajstić information content (AvgIpc) is 2.78. The molecule has 17 heavy (non-hydrogen) atoms. The van der Waals surface area contributed by atoms with Gasteiger partial charge in [-0.1, -0.05) is 0 Å². The van der Waals surface area contributed by atoms with Crippen LogP contribution in [0.3, 0.4) is 0 Å². The van der Waals surface area contributed by atoms with E-state index >= 15 is 0 Å². The molecule has 2 heterocycles. The van der Waals surface area contributed by atoms with Crippen molar-refractivity contribution in [3.63, 3.8) is 0 Å². The highest BCUT2D eigenvalue weighted by Gasteiger charge is 2.05. The van der Waals surface area contributed by atoms with Crippen LogP contribution in [0.4, 0.5) is 5.82 Å². The van der Waals surface area contributed by atoms with Gasteiger partial charge in [-0.3, -0.25) is 0 Å². The van der Waals surface area contributed by atoms with Crippen LogP contribution in [0, 0.1) is 0 Å². The molecule has 1 N–H and O–H groups in total. The van der Waals surface area contributed by atoms with Gasteiger partial charge in [0.25, 0.3) is 0 Å². The van der Waals surface area contributed by atoms with Gasteiger partial charge in [-0.15, -0.1) is 11.3 Å². The highest BCUT2D eigenvalue weighted by atomic mass is 32.1. The minimum Gasteiger partial charge on any atom is -0.363 e. The van der Waals surface area contributed by atoms with Gasteiger partial charge in [0.05, 0.1) is 4.88 Å². The molecule has 2 aromatic heterocycles. The number of anilines is 1. The van der Waals surface area contributed by atoms with E-state index in [1.807, 2.05) is 44.5 Å². The summed E-state index contributed by atoms with van der Waals surface area (Å²) in [5.74, 6) is 0.966. The Bertz CT molecular complexity index is 476. The zero-order valence-corrected chi connectivity index (χ0v) is 11.1. The zero-order valence-electron chi connectivity index (χ0n) is 10.3. The number of hydrogen-bond donors (Lipinski definition) is 1. The van der Waals surface area contributed by atoms with Crippen LogP contribution >= 0.6 is 11.3 Å². The predicted octanol–water partition coefficient (Wildman–Crippen LogP) is 1.99. The molecule has 90 valence electrons. The Morgan fingerprint density at radius 2 is 2.06 bits per heavy atom. The summed E-state index contributed by atoms with van der Waals surface area (Å²) in [7, 11) is 5.90. The summed E-state index contributed by atoms with van der Waals surface area (Å²) in [6.45, 7) is 0.813. The predicted molar refractivity (Wildman–Crippen MR) is 72.4 cm³/mol. The van der Waals surface area contributed by atoms with Crippen molar-refractivity contribution in [3.05, 3.63) is 29.5 Å². The third-order valence-corrected chi connectivity index (χ3v) is 3.42. The molecule has 0 aliphatic heterocycles. The van der Waals surface area contributed by atoms with Crippen LogP contribution in [0.1, 0.15) is 5.01 Å². The van der Waals surface area contributed by atoms with E-state index in [1.54, 1.807) is 11.3 Å². The van der Waals surface area contributed by atoms with E-state index in [-0.39, 0.29) is 0 Å². The van der Waals surface area contributed by atoms with E-state index < -0.39 is 0 Å². The maximum atomic E-state index is 4.40. The topological polar surface area (TPSA) is 41.1 Å². The van der Waals surface area contributed by atoms with E-state index in [0.717, 1.165) is 27.8 Å². The first-order valence-electron chi connectivity index (χ1n) is 5.44. The number of thiazole rings is 1. The largest absolute Gasteiger partial charge is 0.363 e. The summed E-state index contributed by atoms with van der Waals surface area (Å²) >= 11 is 1.70. The lowest BCUT2D eigenvalue weighted by Crippen LogP contribution is -2.09. The smallest absolute Gasteiger partial charge is 0.127 e. The van der Waals surface area contributed by atoms with E-state index in [9.17, 15) is 0 Å². The fourth-order valence-electron chi connectivity index (χ4n) is 1.47. The first-order valence-corrected chi connectivity index (χ1v) is 6.25. The summed E-state index contributed by atoms with van der Waals surface area (Å²) in [4.78, 5) is 11.9. The van der Waals surface area contributed by atoms with Gasteiger partial charge in [-0.2, -0.15) is 0 Å². The van der Waals surface area contributed by atoms with Gasteiger partial charge in [0.1, 0.15) is 10.8 Å². The number of rotatable bonds is 4. The minimum atomic E-state index is 0.813. The van der Waals surface area contributed by atoms with Crippen molar-refractivity contribution < 1.29 is 0 Å². The van der Waals surface area contributed by atoms with Crippen LogP contribution in [-0.2, 0) is 6.54 Å². The standard InChI is InChI=1S/C12H16N4S/c1-13-8-12-15-7-10(17-12)9-4-5-11(14-6-9)16(2)3/h4-7,13H,8H2,1-3H3. The number of nitrogens with zero attached hydrogens (tertiary/aromatic N) is 3. The molecule has 0 radical (unpaired) electrons. The first-order chi connectivity index (χ1) is 8.20. The maximum absolute atomic E-state index is 4.40. The number of pyridine rings is 1. The summed E-state index contributed by atoms with van der Waals surface area (Å²) in [6.07, 6.45) is 3.80. The normalized spacial score (nSPS) is 10.5. The Morgan fingerprint density at radius 3 is 2.65 bits per heavy atom. The lowest BCUT2D eigenvalue weighted by molar-refractivity contribution is 0.810. The molecular weight excluding hydrogens is 232 g/mol. The van der Waals surface area contributed by atoms with Crippen molar-refractivity contribution in [1.29, 1.82) is 0 Å². The van der Waals surface area contributed by atoms with Crippen molar-refractivity contribution in [2.24, 2.45) is 0 Å². The highest BCUT2D eigenvalue weighted by molar-refractivity contribution is 7.15. The van der Waals surface area contributed by atoms with Gasteiger partial charge in [0.15, 0.2) is 0 Å². The van der Waals surface area contributed by atoms with Crippen molar-refractivity contribution in [3.8, 4) is 10.4 Å². The van der Waals surface area contributed by atoms with Crippen LogP contribution in [-0.4, -0.2) is 31.1 Å². The van der Waals surface area contributed by atoms with E-state index in [2.05, 4.69) is 21.4 Å². The van der Waals surface area contributed by atoms with Crippen LogP contribution in [0.5, 0.6) is 0 Å². The van der Waals surface area contributed by atoms with Gasteiger partial charge >= 0.3 is 0 Å². The summed E-state index contributed by atoms with van der Waals surface area (Å²) in [5, 5.41) is 4.19. The fourth-order valence-corrected chi connectivity index (χ4v) is 2.39. The average molecular weight is 248 g/mol. The van der Waals surface area contributed by atoms with Crippen LogP contribution in [0.15, 0.2) is 24.5 Å². The summed E-state index contributed by atoms with van der Waals surface area (Å²) < 4.78 is 0. The number of hydrogen-bond acceptors (Lipinski definition) is 5. The second kappa shape index (κ2) is 5.25. The second-order valence-electron chi connectivity index (χ2n) is 3.95. The second-order valence-corrected chi connectivity index (χ2v) is 5.06. The summed E-state index contributed by atoms with van der Waals surface area (Å²) in [5.41, 5.74) is 1.12. The van der Waals surface area contributed by atoms with Crippen molar-refractivity contribution in [2.45, 2.75) is 6.54 Å². The third-order valence-electron chi connectivity index (χ3n) is 2.37. The van der Waals surface area contributed by atoms with Gasteiger partial charge in [-0.25, -0.2) is 9.97 Å². The molecule has 0 bridgehead atoms. The molecule has 0 aromatic carbocycles. The Kier molecular flexibility index (Phi) is 3.71. The Labute approximate surface area is 105 Å². The quantitative estimate of drug-likeness (QED) is 0.898. The molecule has 0 spiro atoms. The molecule has 0 aliphatic rings. The van der Waals surface area contributed by atoms with Gasteiger partial charge in [0.2, 0.25) is 0 Å². The first kappa shape index (κ1) is 12.0. The van der Waals surface area contributed by atoms with E-state index in [4.69, 9.17) is 0 Å². The highest BCUT2D eigenvalue weighted by Crippen LogP contribution is 2.26. The van der Waals surface area contributed by atoms with Crippen LogP contribution in [0.25, 0.3) is 10.4 Å². The molecule has 0 saturated heterocycles. The van der Waals surface area contributed by atoms with Crippen molar-refractivity contribution >= 4 is 17.2 Å². The van der Waals surface area contributed by atoms with Gasteiger partial charge < -0.3 is 10.2 Å². The van der Waals surface area contributed by atoms with Crippen LogP contribution in [0.2, 0.25) is 0 Å². The molecule has 0 unspecified atom stereocenters. The van der Waals surface area contributed by atoms with E-state index in [1.165, 1.54) is 0 Å². The lowest BCUT2D eigenvalue weighted by atomic mass is 10.2. The molecule has 2 aromatic rings. The van der Waals surface area contributed by atoms with Crippen LogP contribution < -0.4 is 10.2 Å². The fraction of sp³-hybridized carbons (Fsp3) is 0.333. The van der Waals surface area contributed by atoms with Gasteiger partial charge in [0, 0.05) is 38.6 Å². The van der Waals surface area contributed by atoms with Gasteiger partial charge in [-0.05, 0) is 19.2 Å².